The number of rotatable bonds is 7. The molecule has 0 aromatic carbocycles. The second kappa shape index (κ2) is 8.16. The molecule has 1 atom stereocenters. The number of ether oxygens (including phenoxy) is 1. The lowest BCUT2D eigenvalue weighted by Crippen LogP contribution is -2.36. The van der Waals surface area contributed by atoms with Crippen LogP contribution in [-0.2, 0) is 0 Å². The summed E-state index contributed by atoms with van der Waals surface area (Å²) in [6.45, 7) is 6.45. The number of furan rings is 1. The monoisotopic (exact) mass is 343 g/mol. The molecule has 0 spiro atoms. The first-order chi connectivity index (χ1) is 12.1. The van der Waals surface area contributed by atoms with Gasteiger partial charge in [0, 0.05) is 18.8 Å². The predicted molar refractivity (Wildman–Crippen MR) is 94.6 cm³/mol. The minimum Gasteiger partial charge on any atom is -0.475 e. The topological polar surface area (TPSA) is 67.6 Å². The van der Waals surface area contributed by atoms with E-state index in [0.29, 0.717) is 18.0 Å². The molecule has 0 aliphatic carbocycles. The van der Waals surface area contributed by atoms with Gasteiger partial charge >= 0.3 is 0 Å². The average molecular weight is 343 g/mol. The third kappa shape index (κ3) is 4.60. The van der Waals surface area contributed by atoms with E-state index in [2.05, 4.69) is 15.2 Å². The lowest BCUT2D eigenvalue weighted by molar-refractivity contribution is 0.0933. The van der Waals surface area contributed by atoms with Crippen molar-refractivity contribution in [3.63, 3.8) is 0 Å². The highest BCUT2D eigenvalue weighted by Gasteiger charge is 2.26. The van der Waals surface area contributed by atoms with Gasteiger partial charge in [0.2, 0.25) is 5.88 Å². The van der Waals surface area contributed by atoms with Crippen molar-refractivity contribution in [3.05, 3.63) is 48.0 Å². The van der Waals surface area contributed by atoms with Crippen LogP contribution < -0.4 is 10.1 Å². The van der Waals surface area contributed by atoms with E-state index in [9.17, 15) is 4.79 Å². The van der Waals surface area contributed by atoms with Crippen molar-refractivity contribution in [2.75, 3.05) is 19.6 Å². The van der Waals surface area contributed by atoms with Gasteiger partial charge in [-0.1, -0.05) is 0 Å². The van der Waals surface area contributed by atoms with E-state index in [1.54, 1.807) is 24.6 Å². The van der Waals surface area contributed by atoms with Gasteiger partial charge in [-0.25, -0.2) is 4.98 Å². The Morgan fingerprint density at radius 2 is 2.12 bits per heavy atom. The van der Waals surface area contributed by atoms with Crippen LogP contribution in [0.15, 0.2) is 41.1 Å². The fourth-order valence-electron chi connectivity index (χ4n) is 3.06. The van der Waals surface area contributed by atoms with Crippen molar-refractivity contribution in [1.82, 2.24) is 15.2 Å². The second-order valence-electron chi connectivity index (χ2n) is 6.54. The number of hydrogen-bond acceptors (Lipinski definition) is 5. The van der Waals surface area contributed by atoms with Crippen molar-refractivity contribution in [3.8, 4) is 5.88 Å². The Hall–Kier alpha value is -2.34. The minimum atomic E-state index is -0.139. The van der Waals surface area contributed by atoms with E-state index in [-0.39, 0.29) is 18.1 Å². The Balaban J connectivity index is 1.61. The predicted octanol–water partition coefficient (Wildman–Crippen LogP) is 3.03. The molecule has 25 heavy (non-hydrogen) atoms. The quantitative estimate of drug-likeness (QED) is 0.837. The highest BCUT2D eigenvalue weighted by molar-refractivity contribution is 5.93. The fraction of sp³-hybridized carbons (Fsp3) is 0.474. The smallest absolute Gasteiger partial charge is 0.252 e. The number of hydrogen-bond donors (Lipinski definition) is 1. The molecular weight excluding hydrogens is 318 g/mol. The zero-order valence-corrected chi connectivity index (χ0v) is 14.8. The van der Waals surface area contributed by atoms with Gasteiger partial charge in [0.15, 0.2) is 0 Å². The zero-order valence-electron chi connectivity index (χ0n) is 14.8. The molecule has 134 valence electrons. The number of amides is 1. The van der Waals surface area contributed by atoms with Crippen molar-refractivity contribution < 1.29 is 13.9 Å². The van der Waals surface area contributed by atoms with Gasteiger partial charge in [0.1, 0.15) is 5.76 Å². The van der Waals surface area contributed by atoms with Crippen molar-refractivity contribution in [2.45, 2.75) is 38.8 Å². The average Bonchev–Trinajstić information content (AvgIpc) is 3.29. The zero-order chi connectivity index (χ0) is 17.6. The molecule has 3 rings (SSSR count). The van der Waals surface area contributed by atoms with E-state index in [1.807, 2.05) is 26.0 Å². The van der Waals surface area contributed by atoms with Gasteiger partial charge in [-0.2, -0.15) is 0 Å². The molecule has 1 amide bonds. The summed E-state index contributed by atoms with van der Waals surface area (Å²) in [5.41, 5.74) is 0.524. The largest absolute Gasteiger partial charge is 0.475 e. The summed E-state index contributed by atoms with van der Waals surface area (Å²) in [5.74, 6) is 1.28. The van der Waals surface area contributed by atoms with Gasteiger partial charge < -0.3 is 14.5 Å². The van der Waals surface area contributed by atoms with Gasteiger partial charge in [0.25, 0.3) is 5.91 Å². The van der Waals surface area contributed by atoms with Crippen LogP contribution >= 0.6 is 0 Å². The van der Waals surface area contributed by atoms with Crippen molar-refractivity contribution >= 4 is 5.91 Å². The van der Waals surface area contributed by atoms with E-state index in [4.69, 9.17) is 9.15 Å². The Labute approximate surface area is 148 Å². The Bertz CT molecular complexity index is 662. The molecular formula is C19H25N3O3. The molecule has 6 heteroatoms. The van der Waals surface area contributed by atoms with Gasteiger partial charge in [0.05, 0.1) is 24.0 Å². The molecule has 1 saturated heterocycles. The van der Waals surface area contributed by atoms with Crippen LogP contribution in [0.25, 0.3) is 0 Å². The number of nitrogens with one attached hydrogen (secondary N) is 1. The third-order valence-corrected chi connectivity index (χ3v) is 4.26. The number of likely N-dealkylation sites (tertiary alicyclic amines) is 1. The molecule has 1 aliphatic heterocycles. The molecule has 1 fully saturated rings. The highest BCUT2D eigenvalue weighted by Crippen LogP contribution is 2.25. The van der Waals surface area contributed by atoms with E-state index >= 15 is 0 Å². The Kier molecular flexibility index (Phi) is 5.71. The van der Waals surface area contributed by atoms with E-state index in [1.165, 1.54) is 12.8 Å². The summed E-state index contributed by atoms with van der Waals surface area (Å²) in [5, 5.41) is 3.00. The van der Waals surface area contributed by atoms with Crippen LogP contribution in [0, 0.1) is 0 Å². The summed E-state index contributed by atoms with van der Waals surface area (Å²) in [4.78, 5) is 19.0. The molecule has 3 heterocycles. The molecule has 2 aromatic rings. The van der Waals surface area contributed by atoms with Crippen LogP contribution in [0.5, 0.6) is 5.88 Å². The lowest BCUT2D eigenvalue weighted by atomic mass is 10.2. The maximum Gasteiger partial charge on any atom is 0.252 e. The summed E-state index contributed by atoms with van der Waals surface area (Å²) >= 11 is 0. The molecule has 0 radical (unpaired) electrons. The van der Waals surface area contributed by atoms with Crippen LogP contribution in [0.3, 0.4) is 0 Å². The molecule has 6 nitrogen and oxygen atoms in total. The summed E-state index contributed by atoms with van der Waals surface area (Å²) in [6.07, 6.45) is 5.66. The fourth-order valence-corrected chi connectivity index (χ4v) is 3.06. The van der Waals surface area contributed by atoms with Gasteiger partial charge in [-0.15, -0.1) is 0 Å². The van der Waals surface area contributed by atoms with Gasteiger partial charge in [-0.3, -0.25) is 9.69 Å². The number of aromatic nitrogens is 1. The first kappa shape index (κ1) is 17.5. The molecule has 0 bridgehead atoms. The highest BCUT2D eigenvalue weighted by atomic mass is 16.5. The normalized spacial score (nSPS) is 16.1. The maximum atomic E-state index is 12.4. The standard InChI is InChI=1S/C19H25N3O3/c1-14(2)25-18-8-7-15(12-20-18)19(23)21-13-16(17-6-5-11-24-17)22-9-3-4-10-22/h5-8,11-12,14,16H,3-4,9-10,13H2,1-2H3,(H,21,23)/t16-/m0/s1. The molecule has 0 unspecified atom stereocenters. The lowest BCUT2D eigenvalue weighted by Gasteiger charge is -2.26. The Morgan fingerprint density at radius 3 is 2.72 bits per heavy atom. The van der Waals surface area contributed by atoms with Crippen LogP contribution in [0.2, 0.25) is 0 Å². The minimum absolute atomic E-state index is 0.0571. The first-order valence-corrected chi connectivity index (χ1v) is 8.82. The summed E-state index contributed by atoms with van der Waals surface area (Å²) in [6, 6.07) is 7.38. The number of nitrogens with zero attached hydrogens (tertiary/aromatic N) is 2. The second-order valence-corrected chi connectivity index (χ2v) is 6.54. The number of carbonyl (C=O) groups is 1. The Morgan fingerprint density at radius 1 is 1.32 bits per heavy atom. The van der Waals surface area contributed by atoms with E-state index in [0.717, 1.165) is 18.8 Å². The van der Waals surface area contributed by atoms with Gasteiger partial charge in [-0.05, 0) is 58.0 Å². The molecule has 1 aliphatic rings. The van der Waals surface area contributed by atoms with Crippen LogP contribution in [0.1, 0.15) is 48.8 Å². The number of pyridine rings is 1. The third-order valence-electron chi connectivity index (χ3n) is 4.26. The summed E-state index contributed by atoms with van der Waals surface area (Å²) in [7, 11) is 0. The summed E-state index contributed by atoms with van der Waals surface area (Å²) < 4.78 is 11.1. The first-order valence-electron chi connectivity index (χ1n) is 8.82. The maximum absolute atomic E-state index is 12.4. The van der Waals surface area contributed by atoms with Crippen LogP contribution in [0.4, 0.5) is 0 Å². The number of carbonyl (C=O) groups excluding carboxylic acids is 1. The molecule has 1 N–H and O–H groups in total. The van der Waals surface area contributed by atoms with Crippen molar-refractivity contribution in [1.29, 1.82) is 0 Å². The molecule has 2 aromatic heterocycles. The van der Waals surface area contributed by atoms with E-state index < -0.39 is 0 Å². The molecule has 0 saturated carbocycles. The van der Waals surface area contributed by atoms with Crippen molar-refractivity contribution in [2.24, 2.45) is 0 Å². The van der Waals surface area contributed by atoms with Crippen LogP contribution in [-0.4, -0.2) is 41.5 Å². The SMILES string of the molecule is CC(C)Oc1ccc(C(=O)NC[C@@H](c2ccco2)N2CCCC2)cn1.